The molecule has 0 unspecified atom stereocenters. The standard InChI is InChI=1S/C16H25N5O3S/c1-12-16(13(2)24-19-12)11-20-8-14(4-7-18-25(3,22)23)9-21-15(10-20)5-6-17-21/h5-6,14,18H,4,7-11H2,1-3H3/t14-/m0/s1. The smallest absolute Gasteiger partial charge is 0.208 e. The molecular formula is C16H25N5O3S. The second-order valence-corrected chi connectivity index (χ2v) is 8.63. The van der Waals surface area contributed by atoms with Crippen LogP contribution in [0.15, 0.2) is 16.8 Å². The van der Waals surface area contributed by atoms with Crippen molar-refractivity contribution in [3.63, 3.8) is 0 Å². The van der Waals surface area contributed by atoms with E-state index in [1.165, 1.54) is 11.9 Å². The van der Waals surface area contributed by atoms with E-state index in [2.05, 4.69) is 19.9 Å². The molecule has 138 valence electrons. The topological polar surface area (TPSA) is 93.3 Å². The molecule has 3 heterocycles. The van der Waals surface area contributed by atoms with E-state index in [1.54, 1.807) is 0 Å². The lowest BCUT2D eigenvalue weighted by Crippen LogP contribution is -2.31. The molecule has 3 rings (SSSR count). The molecule has 2 aromatic heterocycles. The molecule has 0 amide bonds. The highest BCUT2D eigenvalue weighted by atomic mass is 32.2. The second-order valence-electron chi connectivity index (χ2n) is 6.80. The van der Waals surface area contributed by atoms with Crippen LogP contribution in [0.4, 0.5) is 0 Å². The lowest BCUT2D eigenvalue weighted by Gasteiger charge is -2.23. The Morgan fingerprint density at radius 1 is 1.36 bits per heavy atom. The summed E-state index contributed by atoms with van der Waals surface area (Å²) in [5, 5.41) is 8.45. The number of rotatable bonds is 6. The average molecular weight is 367 g/mol. The minimum absolute atomic E-state index is 0.316. The predicted molar refractivity (Wildman–Crippen MR) is 93.3 cm³/mol. The summed E-state index contributed by atoms with van der Waals surface area (Å²) in [6, 6.07) is 2.04. The number of nitrogens with zero attached hydrogens (tertiary/aromatic N) is 4. The fourth-order valence-corrected chi connectivity index (χ4v) is 3.81. The Hall–Kier alpha value is -1.71. The van der Waals surface area contributed by atoms with Gasteiger partial charge in [-0.05, 0) is 32.3 Å². The van der Waals surface area contributed by atoms with Gasteiger partial charge in [0.15, 0.2) is 0 Å². The maximum atomic E-state index is 11.3. The first-order valence-corrected chi connectivity index (χ1v) is 10.3. The highest BCUT2D eigenvalue weighted by molar-refractivity contribution is 7.88. The first-order chi connectivity index (χ1) is 11.8. The molecule has 0 saturated carbocycles. The zero-order valence-corrected chi connectivity index (χ0v) is 15.7. The zero-order chi connectivity index (χ0) is 18.0. The summed E-state index contributed by atoms with van der Waals surface area (Å²) in [5.74, 6) is 1.17. The molecule has 9 heteroatoms. The fraction of sp³-hybridized carbons (Fsp3) is 0.625. The van der Waals surface area contributed by atoms with E-state index in [9.17, 15) is 8.42 Å². The lowest BCUT2D eigenvalue weighted by atomic mass is 10.0. The summed E-state index contributed by atoms with van der Waals surface area (Å²) in [7, 11) is -3.16. The molecule has 1 aliphatic rings. The van der Waals surface area contributed by atoms with Gasteiger partial charge in [-0.3, -0.25) is 9.58 Å². The minimum atomic E-state index is -3.16. The molecule has 0 fully saturated rings. The maximum absolute atomic E-state index is 11.3. The first kappa shape index (κ1) is 18.1. The van der Waals surface area contributed by atoms with Crippen LogP contribution in [0.5, 0.6) is 0 Å². The van der Waals surface area contributed by atoms with Crippen molar-refractivity contribution < 1.29 is 12.9 Å². The first-order valence-electron chi connectivity index (χ1n) is 8.41. The Morgan fingerprint density at radius 2 is 2.16 bits per heavy atom. The van der Waals surface area contributed by atoms with Gasteiger partial charge in [-0.1, -0.05) is 5.16 Å². The van der Waals surface area contributed by atoms with Crippen LogP contribution in [0.1, 0.15) is 29.1 Å². The van der Waals surface area contributed by atoms with Crippen molar-refractivity contribution in [2.24, 2.45) is 5.92 Å². The van der Waals surface area contributed by atoms with E-state index in [-0.39, 0.29) is 0 Å². The highest BCUT2D eigenvalue weighted by Crippen LogP contribution is 2.22. The summed E-state index contributed by atoms with van der Waals surface area (Å²) in [5.41, 5.74) is 3.22. The van der Waals surface area contributed by atoms with Gasteiger partial charge in [0.2, 0.25) is 10.0 Å². The summed E-state index contributed by atoms with van der Waals surface area (Å²) in [6.45, 7) is 7.58. The number of hydrogen-bond donors (Lipinski definition) is 1. The van der Waals surface area contributed by atoms with Gasteiger partial charge in [0.25, 0.3) is 0 Å². The van der Waals surface area contributed by atoms with Crippen molar-refractivity contribution >= 4 is 10.0 Å². The van der Waals surface area contributed by atoms with Crippen molar-refractivity contribution in [3.8, 4) is 0 Å². The number of fused-ring (bicyclic) bond motifs is 1. The SMILES string of the molecule is Cc1noc(C)c1CN1Cc2ccnn2C[C@@H](CCNS(C)(=O)=O)C1. The molecule has 1 atom stereocenters. The third kappa shape index (κ3) is 4.68. The van der Waals surface area contributed by atoms with Crippen molar-refractivity contribution in [1.29, 1.82) is 0 Å². The van der Waals surface area contributed by atoms with Gasteiger partial charge in [0.1, 0.15) is 5.76 Å². The summed E-state index contributed by atoms with van der Waals surface area (Å²) >= 11 is 0. The van der Waals surface area contributed by atoms with Gasteiger partial charge in [0, 0.05) is 44.5 Å². The van der Waals surface area contributed by atoms with Crippen LogP contribution in [0.25, 0.3) is 0 Å². The molecule has 0 aliphatic carbocycles. The molecule has 0 radical (unpaired) electrons. The molecule has 0 saturated heterocycles. The van der Waals surface area contributed by atoms with Crippen LogP contribution >= 0.6 is 0 Å². The van der Waals surface area contributed by atoms with Gasteiger partial charge in [-0.15, -0.1) is 0 Å². The van der Waals surface area contributed by atoms with Crippen LogP contribution in [0.3, 0.4) is 0 Å². The van der Waals surface area contributed by atoms with Gasteiger partial charge >= 0.3 is 0 Å². The Kier molecular flexibility index (Phi) is 5.26. The van der Waals surface area contributed by atoms with Crippen molar-refractivity contribution in [1.82, 2.24) is 24.6 Å². The van der Waals surface area contributed by atoms with Gasteiger partial charge in [-0.25, -0.2) is 13.1 Å². The monoisotopic (exact) mass is 367 g/mol. The van der Waals surface area contributed by atoms with Crippen LogP contribution in [-0.2, 0) is 29.7 Å². The van der Waals surface area contributed by atoms with Crippen LogP contribution in [0.2, 0.25) is 0 Å². The Morgan fingerprint density at radius 3 is 2.84 bits per heavy atom. The van der Waals surface area contributed by atoms with E-state index in [4.69, 9.17) is 4.52 Å². The molecule has 2 aromatic rings. The van der Waals surface area contributed by atoms with Gasteiger partial charge < -0.3 is 4.52 Å². The Bertz CT molecular complexity index is 807. The summed E-state index contributed by atoms with van der Waals surface area (Å²) in [4.78, 5) is 2.36. The Labute approximate surface area is 148 Å². The van der Waals surface area contributed by atoms with E-state index >= 15 is 0 Å². The minimum Gasteiger partial charge on any atom is -0.361 e. The molecule has 25 heavy (non-hydrogen) atoms. The van der Waals surface area contributed by atoms with E-state index < -0.39 is 10.0 Å². The maximum Gasteiger partial charge on any atom is 0.208 e. The molecule has 0 bridgehead atoms. The van der Waals surface area contributed by atoms with Gasteiger partial charge in [-0.2, -0.15) is 5.10 Å². The number of aromatic nitrogens is 3. The average Bonchev–Trinajstić information content (AvgIpc) is 3.02. The van der Waals surface area contributed by atoms with Crippen molar-refractivity contribution in [2.75, 3.05) is 19.3 Å². The number of sulfonamides is 1. The zero-order valence-electron chi connectivity index (χ0n) is 14.9. The molecular weight excluding hydrogens is 342 g/mol. The quantitative estimate of drug-likeness (QED) is 0.821. The molecule has 1 aliphatic heterocycles. The number of nitrogens with one attached hydrogen (secondary N) is 1. The molecule has 8 nitrogen and oxygen atoms in total. The van der Waals surface area contributed by atoms with Crippen LogP contribution in [0, 0.1) is 19.8 Å². The predicted octanol–water partition coefficient (Wildman–Crippen LogP) is 1.06. The lowest BCUT2D eigenvalue weighted by molar-refractivity contribution is 0.214. The molecule has 0 spiro atoms. The largest absolute Gasteiger partial charge is 0.361 e. The molecule has 0 aromatic carbocycles. The fourth-order valence-electron chi connectivity index (χ4n) is 3.32. The van der Waals surface area contributed by atoms with Crippen LogP contribution < -0.4 is 4.72 Å². The van der Waals surface area contributed by atoms with E-state index in [0.29, 0.717) is 12.5 Å². The third-order valence-corrected chi connectivity index (χ3v) is 5.35. The van der Waals surface area contributed by atoms with Crippen LogP contribution in [-0.4, -0.2) is 47.6 Å². The third-order valence-electron chi connectivity index (χ3n) is 4.62. The van der Waals surface area contributed by atoms with E-state index in [0.717, 1.165) is 49.6 Å². The number of aryl methyl sites for hydroxylation is 2. The second kappa shape index (κ2) is 7.27. The van der Waals surface area contributed by atoms with Gasteiger partial charge in [0.05, 0.1) is 17.6 Å². The van der Waals surface area contributed by atoms with Crippen molar-refractivity contribution in [3.05, 3.63) is 35.0 Å². The molecule has 1 N–H and O–H groups in total. The number of hydrogen-bond acceptors (Lipinski definition) is 6. The Balaban J connectivity index is 1.72. The van der Waals surface area contributed by atoms with E-state index in [1.807, 2.05) is 30.8 Å². The normalized spacial score (nSPS) is 18.9. The highest BCUT2D eigenvalue weighted by Gasteiger charge is 2.24. The summed E-state index contributed by atoms with van der Waals surface area (Å²) in [6.07, 6.45) is 3.78. The van der Waals surface area contributed by atoms with Crippen molar-refractivity contribution in [2.45, 2.75) is 39.9 Å². The summed E-state index contributed by atoms with van der Waals surface area (Å²) < 4.78 is 32.5.